The predicted octanol–water partition coefficient (Wildman–Crippen LogP) is 0.780. The molecule has 2 amide bonds. The minimum Gasteiger partial charge on any atom is -0.350 e. The summed E-state index contributed by atoms with van der Waals surface area (Å²) in [4.78, 5) is 23.7. The molecule has 0 saturated carbocycles. The molecule has 0 atom stereocenters. The second-order valence-corrected chi connectivity index (χ2v) is 7.20. The highest BCUT2D eigenvalue weighted by Crippen LogP contribution is 2.09. The summed E-state index contributed by atoms with van der Waals surface area (Å²) in [5.41, 5.74) is 0.957. The number of hydrogen-bond donors (Lipinski definition) is 3. The Balaban J connectivity index is 1.81. The number of rotatable bonds is 7. The van der Waals surface area contributed by atoms with Gasteiger partial charge in [-0.15, -0.1) is 0 Å². The summed E-state index contributed by atoms with van der Waals surface area (Å²) in [6.07, 6.45) is 0. The van der Waals surface area contributed by atoms with Gasteiger partial charge in [-0.05, 0) is 49.0 Å². The number of amides is 2. The van der Waals surface area contributed by atoms with Crippen LogP contribution in [0.3, 0.4) is 0 Å². The Bertz CT molecular complexity index is 881. The molecule has 0 unspecified atom stereocenters. The van der Waals surface area contributed by atoms with Crippen LogP contribution in [0.25, 0.3) is 0 Å². The lowest BCUT2D eigenvalue weighted by molar-refractivity contribution is -0.120. The molecule has 7 nitrogen and oxygen atoms in total. The smallest absolute Gasteiger partial charge is 0.251 e. The first-order valence-electron chi connectivity index (χ1n) is 7.65. The number of sulfonamides is 1. The van der Waals surface area contributed by atoms with Crippen LogP contribution in [0.2, 0.25) is 0 Å². The minimum absolute atomic E-state index is 0.127. The van der Waals surface area contributed by atoms with E-state index in [9.17, 15) is 22.4 Å². The van der Waals surface area contributed by atoms with Crippen molar-refractivity contribution in [3.8, 4) is 0 Å². The lowest BCUT2D eigenvalue weighted by Crippen LogP contribution is -2.36. The summed E-state index contributed by atoms with van der Waals surface area (Å²) in [5, 5.41) is 5.04. The first-order valence-corrected chi connectivity index (χ1v) is 9.13. The zero-order valence-electron chi connectivity index (χ0n) is 14.0. The highest BCUT2D eigenvalue weighted by molar-refractivity contribution is 7.89. The lowest BCUT2D eigenvalue weighted by Gasteiger charge is -2.08. The van der Waals surface area contributed by atoms with Crippen molar-refractivity contribution in [2.45, 2.75) is 11.4 Å². The van der Waals surface area contributed by atoms with Gasteiger partial charge in [-0.2, -0.15) is 0 Å². The predicted molar refractivity (Wildman–Crippen MR) is 93.3 cm³/mol. The van der Waals surface area contributed by atoms with E-state index in [1.54, 1.807) is 12.1 Å². The molecule has 2 rings (SSSR count). The molecule has 0 aliphatic carbocycles. The third-order valence-electron chi connectivity index (χ3n) is 3.51. The van der Waals surface area contributed by atoms with Crippen LogP contribution < -0.4 is 15.4 Å². The maximum absolute atomic E-state index is 12.8. The summed E-state index contributed by atoms with van der Waals surface area (Å²) in [5.74, 6) is -1.35. The molecule has 0 aliphatic rings. The van der Waals surface area contributed by atoms with E-state index in [0.29, 0.717) is 5.56 Å². The molecule has 9 heteroatoms. The zero-order valence-corrected chi connectivity index (χ0v) is 14.8. The molecule has 0 fully saturated rings. The number of carbonyl (C=O) groups is 2. The van der Waals surface area contributed by atoms with Crippen LogP contribution in [0.4, 0.5) is 4.39 Å². The molecule has 26 heavy (non-hydrogen) atoms. The van der Waals surface area contributed by atoms with Crippen LogP contribution in [0.1, 0.15) is 15.9 Å². The Labute approximate surface area is 150 Å². The molecule has 3 N–H and O–H groups in total. The van der Waals surface area contributed by atoms with Gasteiger partial charge in [0.15, 0.2) is 0 Å². The minimum atomic E-state index is -3.50. The molecule has 0 aromatic heterocycles. The van der Waals surface area contributed by atoms with Crippen molar-refractivity contribution in [2.75, 3.05) is 13.6 Å². The topological polar surface area (TPSA) is 104 Å². The van der Waals surface area contributed by atoms with Crippen LogP contribution in [0, 0.1) is 5.82 Å². The van der Waals surface area contributed by atoms with Crippen molar-refractivity contribution < 1.29 is 22.4 Å². The van der Waals surface area contributed by atoms with E-state index in [0.717, 1.165) is 12.1 Å². The van der Waals surface area contributed by atoms with Gasteiger partial charge in [0.2, 0.25) is 15.9 Å². The highest BCUT2D eigenvalue weighted by atomic mass is 32.2. The number of nitrogens with one attached hydrogen (secondary N) is 3. The maximum atomic E-state index is 12.8. The fourth-order valence-electron chi connectivity index (χ4n) is 2.03. The molecular formula is C17H18FN3O4S. The number of hydrogen-bond acceptors (Lipinski definition) is 4. The van der Waals surface area contributed by atoms with E-state index in [1.807, 2.05) is 0 Å². The van der Waals surface area contributed by atoms with Gasteiger partial charge in [-0.1, -0.05) is 12.1 Å². The largest absolute Gasteiger partial charge is 0.350 e. The van der Waals surface area contributed by atoms with Gasteiger partial charge < -0.3 is 10.6 Å². The average Bonchev–Trinajstić information content (AvgIpc) is 2.65. The van der Waals surface area contributed by atoms with E-state index in [1.165, 1.54) is 31.3 Å². The lowest BCUT2D eigenvalue weighted by atomic mass is 10.2. The summed E-state index contributed by atoms with van der Waals surface area (Å²) in [7, 11) is -2.18. The normalized spacial score (nSPS) is 11.0. The van der Waals surface area contributed by atoms with Gasteiger partial charge in [-0.25, -0.2) is 17.5 Å². The van der Waals surface area contributed by atoms with E-state index in [-0.39, 0.29) is 23.5 Å². The van der Waals surface area contributed by atoms with Crippen molar-refractivity contribution in [3.63, 3.8) is 0 Å². The van der Waals surface area contributed by atoms with E-state index in [4.69, 9.17) is 0 Å². The average molecular weight is 379 g/mol. The Morgan fingerprint density at radius 3 is 2.15 bits per heavy atom. The zero-order chi connectivity index (χ0) is 19.2. The molecule has 0 spiro atoms. The Morgan fingerprint density at radius 2 is 1.58 bits per heavy atom. The van der Waals surface area contributed by atoms with Crippen LogP contribution in [-0.2, 0) is 21.4 Å². The van der Waals surface area contributed by atoms with Gasteiger partial charge >= 0.3 is 0 Å². The molecule has 0 bridgehead atoms. The molecule has 0 radical (unpaired) electrons. The Hall–Kier alpha value is -2.78. The third kappa shape index (κ3) is 5.36. The van der Waals surface area contributed by atoms with E-state index >= 15 is 0 Å². The molecule has 0 saturated heterocycles. The maximum Gasteiger partial charge on any atom is 0.251 e. The summed E-state index contributed by atoms with van der Waals surface area (Å²) < 4.78 is 38.3. The standard InChI is InChI=1S/C17H18FN3O4S/c1-19-26(24,25)15-8-2-12(3-9-15)10-20-16(22)11-21-17(23)13-4-6-14(18)7-5-13/h2-9,19H,10-11H2,1H3,(H,20,22)(H,21,23). The van der Waals surface area contributed by atoms with Gasteiger partial charge in [0.05, 0.1) is 11.4 Å². The third-order valence-corrected chi connectivity index (χ3v) is 4.94. The van der Waals surface area contributed by atoms with Crippen LogP contribution >= 0.6 is 0 Å². The van der Waals surface area contributed by atoms with Crippen molar-refractivity contribution >= 4 is 21.8 Å². The highest BCUT2D eigenvalue weighted by Gasteiger charge is 2.11. The van der Waals surface area contributed by atoms with Crippen molar-refractivity contribution in [1.82, 2.24) is 15.4 Å². The van der Waals surface area contributed by atoms with Crippen molar-refractivity contribution in [1.29, 1.82) is 0 Å². The van der Waals surface area contributed by atoms with Crippen LogP contribution in [-0.4, -0.2) is 33.8 Å². The summed E-state index contributed by atoms with van der Waals surface area (Å²) in [6, 6.07) is 11.0. The van der Waals surface area contributed by atoms with E-state index < -0.39 is 27.7 Å². The van der Waals surface area contributed by atoms with Crippen LogP contribution in [0.15, 0.2) is 53.4 Å². The number of halogens is 1. The molecular weight excluding hydrogens is 361 g/mol. The summed E-state index contributed by atoms with van der Waals surface area (Å²) in [6.45, 7) is -0.0481. The molecule has 0 heterocycles. The fourth-order valence-corrected chi connectivity index (χ4v) is 2.76. The fraction of sp³-hybridized carbons (Fsp3) is 0.176. The SMILES string of the molecule is CNS(=O)(=O)c1ccc(CNC(=O)CNC(=O)c2ccc(F)cc2)cc1. The van der Waals surface area contributed by atoms with Gasteiger partial charge in [-0.3, -0.25) is 9.59 Å². The second kappa shape index (κ2) is 8.54. The Morgan fingerprint density at radius 1 is 0.962 bits per heavy atom. The Kier molecular flexibility index (Phi) is 6.42. The van der Waals surface area contributed by atoms with Crippen molar-refractivity contribution in [3.05, 3.63) is 65.5 Å². The quantitative estimate of drug-likeness (QED) is 0.661. The number of benzene rings is 2. The van der Waals surface area contributed by atoms with Crippen molar-refractivity contribution in [2.24, 2.45) is 0 Å². The first kappa shape index (κ1) is 19.5. The molecule has 2 aromatic carbocycles. The summed E-state index contributed by atoms with van der Waals surface area (Å²) >= 11 is 0. The number of carbonyl (C=O) groups excluding carboxylic acids is 2. The van der Waals surface area contributed by atoms with Gasteiger partial charge in [0.25, 0.3) is 5.91 Å². The molecule has 138 valence electrons. The van der Waals surface area contributed by atoms with Gasteiger partial charge in [0.1, 0.15) is 5.82 Å². The molecule has 2 aromatic rings. The second-order valence-electron chi connectivity index (χ2n) is 5.32. The first-order chi connectivity index (χ1) is 12.3. The molecule has 0 aliphatic heterocycles. The van der Waals surface area contributed by atoms with Crippen LogP contribution in [0.5, 0.6) is 0 Å². The monoisotopic (exact) mass is 379 g/mol. The van der Waals surface area contributed by atoms with E-state index in [2.05, 4.69) is 15.4 Å². The van der Waals surface area contributed by atoms with Gasteiger partial charge in [0, 0.05) is 12.1 Å².